The third kappa shape index (κ3) is 5.99. The van der Waals surface area contributed by atoms with E-state index in [0.29, 0.717) is 35.0 Å². The molecule has 3 rings (SSSR count). The first-order valence-electron chi connectivity index (χ1n) is 10.7. The Morgan fingerprint density at radius 3 is 2.18 bits per heavy atom. The number of carbonyl (C=O) groups excluding carboxylic acids is 1. The number of sulfonamides is 1. The van der Waals surface area contributed by atoms with Gasteiger partial charge in [-0.1, -0.05) is 25.1 Å². The van der Waals surface area contributed by atoms with E-state index in [1.54, 1.807) is 30.3 Å². The molecule has 0 aliphatic heterocycles. The molecule has 1 amide bonds. The van der Waals surface area contributed by atoms with Crippen molar-refractivity contribution < 1.29 is 27.4 Å². The fraction of sp³-hybridized carbons (Fsp3) is 0.240. The zero-order chi connectivity index (χ0) is 24.7. The minimum atomic E-state index is -3.86. The normalized spacial score (nSPS) is 11.9. The number of anilines is 2. The third-order valence-corrected chi connectivity index (χ3v) is 6.41. The van der Waals surface area contributed by atoms with Crippen LogP contribution < -0.4 is 24.2 Å². The molecule has 8 nitrogen and oxygen atoms in total. The molecule has 3 aromatic rings. The lowest BCUT2D eigenvalue weighted by Crippen LogP contribution is -2.32. The zero-order valence-corrected chi connectivity index (χ0v) is 20.3. The lowest BCUT2D eigenvalue weighted by molar-refractivity contribution is -0.122. The van der Waals surface area contributed by atoms with Crippen LogP contribution in [0, 0.1) is 6.92 Å². The molecule has 34 heavy (non-hydrogen) atoms. The van der Waals surface area contributed by atoms with Crippen LogP contribution in [0.3, 0.4) is 0 Å². The first-order chi connectivity index (χ1) is 16.3. The highest BCUT2D eigenvalue weighted by molar-refractivity contribution is 7.92. The highest BCUT2D eigenvalue weighted by Gasteiger charge is 2.21. The van der Waals surface area contributed by atoms with Gasteiger partial charge in [-0.3, -0.25) is 9.52 Å². The molecule has 0 heterocycles. The number of benzene rings is 3. The molecule has 180 valence electrons. The first kappa shape index (κ1) is 24.9. The van der Waals surface area contributed by atoms with Gasteiger partial charge < -0.3 is 19.5 Å². The number of hydrogen-bond acceptors (Lipinski definition) is 6. The summed E-state index contributed by atoms with van der Waals surface area (Å²) in [4.78, 5) is 12.8. The summed E-state index contributed by atoms with van der Waals surface area (Å²) in [5.41, 5.74) is 1.68. The third-order valence-electron chi connectivity index (χ3n) is 5.03. The Labute approximate surface area is 199 Å². The molecular formula is C25H28N2O6S. The summed E-state index contributed by atoms with van der Waals surface area (Å²) in [6, 6.07) is 18.2. The fourth-order valence-corrected chi connectivity index (χ4v) is 4.30. The molecule has 0 fully saturated rings. The quantitative estimate of drug-likeness (QED) is 0.436. The van der Waals surface area contributed by atoms with Gasteiger partial charge in [0.25, 0.3) is 15.9 Å². The molecule has 0 aromatic heterocycles. The number of rotatable bonds is 10. The monoisotopic (exact) mass is 484 g/mol. The Kier molecular flexibility index (Phi) is 8.01. The van der Waals surface area contributed by atoms with E-state index < -0.39 is 16.1 Å². The number of amides is 1. The average molecular weight is 485 g/mol. The van der Waals surface area contributed by atoms with E-state index in [1.807, 2.05) is 26.0 Å². The van der Waals surface area contributed by atoms with E-state index in [0.717, 1.165) is 5.56 Å². The van der Waals surface area contributed by atoms with E-state index >= 15 is 0 Å². The summed E-state index contributed by atoms with van der Waals surface area (Å²) < 4.78 is 44.6. The van der Waals surface area contributed by atoms with Crippen molar-refractivity contribution in [3.63, 3.8) is 0 Å². The Balaban J connectivity index is 1.71. The number of methoxy groups -OCH3 is 2. The van der Waals surface area contributed by atoms with Crippen molar-refractivity contribution in [2.24, 2.45) is 0 Å². The van der Waals surface area contributed by atoms with Gasteiger partial charge in [-0.15, -0.1) is 0 Å². The summed E-state index contributed by atoms with van der Waals surface area (Å²) in [6.07, 6.45) is -0.325. The SMILES string of the molecule is CC[C@@H](Oc1ccccc1OC)C(=O)Nc1ccc(S(=O)(=O)Nc2cc(C)ccc2OC)cc1. The van der Waals surface area contributed by atoms with Gasteiger partial charge in [-0.25, -0.2) is 8.42 Å². The van der Waals surface area contributed by atoms with Crippen LogP contribution in [0.4, 0.5) is 11.4 Å². The fourth-order valence-electron chi connectivity index (χ4n) is 3.24. The summed E-state index contributed by atoms with van der Waals surface area (Å²) in [5, 5.41) is 2.76. The number of para-hydroxylation sites is 2. The molecule has 3 aromatic carbocycles. The molecule has 0 radical (unpaired) electrons. The maximum atomic E-state index is 12.8. The summed E-state index contributed by atoms with van der Waals surface area (Å²) in [5.74, 6) is 1.05. The Morgan fingerprint density at radius 1 is 0.912 bits per heavy atom. The maximum Gasteiger partial charge on any atom is 0.265 e. The number of hydrogen-bond donors (Lipinski definition) is 2. The van der Waals surface area contributed by atoms with Crippen LogP contribution in [0.25, 0.3) is 0 Å². The van der Waals surface area contributed by atoms with Crippen LogP contribution in [0.5, 0.6) is 17.2 Å². The number of aryl methyl sites for hydroxylation is 1. The van der Waals surface area contributed by atoms with Crippen molar-refractivity contribution >= 4 is 27.3 Å². The lowest BCUT2D eigenvalue weighted by atomic mass is 10.2. The molecule has 0 unspecified atom stereocenters. The first-order valence-corrected chi connectivity index (χ1v) is 12.1. The molecular weight excluding hydrogens is 456 g/mol. The van der Waals surface area contributed by atoms with Crippen LogP contribution in [0.1, 0.15) is 18.9 Å². The largest absolute Gasteiger partial charge is 0.495 e. The van der Waals surface area contributed by atoms with Crippen molar-refractivity contribution in [3.8, 4) is 17.2 Å². The smallest absolute Gasteiger partial charge is 0.265 e. The zero-order valence-electron chi connectivity index (χ0n) is 19.5. The molecule has 0 saturated carbocycles. The van der Waals surface area contributed by atoms with Gasteiger partial charge in [0, 0.05) is 5.69 Å². The standard InChI is InChI=1S/C25H28N2O6S/c1-5-21(33-24-9-7-6-8-23(24)32-4)25(28)26-18-11-13-19(14-12-18)34(29,30)27-20-16-17(2)10-15-22(20)31-3/h6-16,21,27H,5H2,1-4H3,(H,26,28)/t21-/m1/s1. The van der Waals surface area contributed by atoms with Crippen LogP contribution in [0.2, 0.25) is 0 Å². The van der Waals surface area contributed by atoms with Crippen molar-refractivity contribution in [3.05, 3.63) is 72.3 Å². The van der Waals surface area contributed by atoms with Crippen molar-refractivity contribution in [2.45, 2.75) is 31.3 Å². The molecule has 0 bridgehead atoms. The van der Waals surface area contributed by atoms with E-state index in [2.05, 4.69) is 10.0 Å². The van der Waals surface area contributed by atoms with E-state index in [-0.39, 0.29) is 10.8 Å². The molecule has 0 saturated heterocycles. The molecule has 0 spiro atoms. The second kappa shape index (κ2) is 10.9. The van der Waals surface area contributed by atoms with Gasteiger partial charge >= 0.3 is 0 Å². The molecule has 0 aliphatic rings. The Bertz CT molecular complexity index is 1240. The minimum absolute atomic E-state index is 0.0476. The summed E-state index contributed by atoms with van der Waals surface area (Å²) in [7, 11) is -0.855. The Morgan fingerprint density at radius 2 is 1.56 bits per heavy atom. The minimum Gasteiger partial charge on any atom is -0.495 e. The van der Waals surface area contributed by atoms with Gasteiger partial charge in [0.1, 0.15) is 5.75 Å². The second-order valence-electron chi connectivity index (χ2n) is 7.49. The van der Waals surface area contributed by atoms with Crippen molar-refractivity contribution in [2.75, 3.05) is 24.3 Å². The highest BCUT2D eigenvalue weighted by atomic mass is 32.2. The van der Waals surface area contributed by atoms with Crippen LogP contribution in [0.15, 0.2) is 71.6 Å². The van der Waals surface area contributed by atoms with Crippen molar-refractivity contribution in [1.29, 1.82) is 0 Å². The number of nitrogens with one attached hydrogen (secondary N) is 2. The molecule has 0 aliphatic carbocycles. The predicted molar refractivity (Wildman–Crippen MR) is 131 cm³/mol. The van der Waals surface area contributed by atoms with Gasteiger partial charge in [-0.2, -0.15) is 0 Å². The van der Waals surface area contributed by atoms with Crippen LogP contribution in [-0.2, 0) is 14.8 Å². The topological polar surface area (TPSA) is 103 Å². The number of carbonyl (C=O) groups is 1. The van der Waals surface area contributed by atoms with E-state index in [4.69, 9.17) is 14.2 Å². The Hall–Kier alpha value is -3.72. The van der Waals surface area contributed by atoms with E-state index in [9.17, 15) is 13.2 Å². The summed E-state index contributed by atoms with van der Waals surface area (Å²) >= 11 is 0. The maximum absolute atomic E-state index is 12.8. The highest BCUT2D eigenvalue weighted by Crippen LogP contribution is 2.29. The molecule has 2 N–H and O–H groups in total. The molecule has 1 atom stereocenters. The molecule has 9 heteroatoms. The van der Waals surface area contributed by atoms with Crippen LogP contribution in [-0.4, -0.2) is 34.6 Å². The predicted octanol–water partition coefficient (Wildman–Crippen LogP) is 4.61. The second-order valence-corrected chi connectivity index (χ2v) is 9.17. The van der Waals surface area contributed by atoms with Crippen LogP contribution >= 0.6 is 0 Å². The summed E-state index contributed by atoms with van der Waals surface area (Å²) in [6.45, 7) is 3.69. The lowest BCUT2D eigenvalue weighted by Gasteiger charge is -2.19. The van der Waals surface area contributed by atoms with Gasteiger partial charge in [0.2, 0.25) is 0 Å². The van der Waals surface area contributed by atoms with Gasteiger partial charge in [0.05, 0.1) is 24.8 Å². The van der Waals surface area contributed by atoms with Crippen molar-refractivity contribution in [1.82, 2.24) is 0 Å². The van der Waals surface area contributed by atoms with E-state index in [1.165, 1.54) is 38.5 Å². The van der Waals surface area contributed by atoms with Gasteiger partial charge in [0.15, 0.2) is 17.6 Å². The van der Waals surface area contributed by atoms with Gasteiger partial charge in [-0.05, 0) is 67.4 Å². The average Bonchev–Trinajstić information content (AvgIpc) is 2.83. The number of ether oxygens (including phenoxy) is 3.